The van der Waals surface area contributed by atoms with E-state index in [1.54, 1.807) is 14.0 Å². The largest absolute Gasteiger partial charge is 0.462 e. The molecule has 116 valence electrons. The Labute approximate surface area is 127 Å². The SMILES string of the molecule is CCOC(=O)c1c(NCCOC)sc(C(=O)C2CC2)c1N. The third-order valence-corrected chi connectivity index (χ3v) is 4.37. The van der Waals surface area contributed by atoms with Crippen LogP contribution >= 0.6 is 11.3 Å². The molecule has 1 fully saturated rings. The van der Waals surface area contributed by atoms with E-state index in [-0.39, 0.29) is 29.6 Å². The molecule has 0 spiro atoms. The number of ether oxygens (including phenoxy) is 2. The van der Waals surface area contributed by atoms with Crippen molar-refractivity contribution in [3.05, 3.63) is 10.4 Å². The molecule has 1 heterocycles. The van der Waals surface area contributed by atoms with Crippen LogP contribution in [0.3, 0.4) is 0 Å². The number of thiophene rings is 1. The summed E-state index contributed by atoms with van der Waals surface area (Å²) in [5, 5.41) is 3.67. The number of nitrogens with two attached hydrogens (primary N) is 1. The molecule has 2 rings (SSSR count). The maximum absolute atomic E-state index is 12.2. The van der Waals surface area contributed by atoms with Gasteiger partial charge in [0.05, 0.1) is 23.8 Å². The molecule has 0 bridgehead atoms. The zero-order valence-corrected chi connectivity index (χ0v) is 13.0. The summed E-state index contributed by atoms with van der Waals surface area (Å²) in [5.74, 6) is -0.406. The van der Waals surface area contributed by atoms with Crippen molar-refractivity contribution in [3.63, 3.8) is 0 Å². The fourth-order valence-electron chi connectivity index (χ4n) is 1.95. The number of esters is 1. The zero-order chi connectivity index (χ0) is 15.4. The first-order valence-corrected chi connectivity index (χ1v) is 7.78. The fraction of sp³-hybridized carbons (Fsp3) is 0.571. The number of nitrogens with one attached hydrogen (secondary N) is 1. The van der Waals surface area contributed by atoms with Crippen LogP contribution in [0.5, 0.6) is 0 Å². The van der Waals surface area contributed by atoms with Gasteiger partial charge in [0.25, 0.3) is 0 Å². The van der Waals surface area contributed by atoms with Crippen molar-refractivity contribution < 1.29 is 19.1 Å². The molecule has 0 saturated heterocycles. The van der Waals surface area contributed by atoms with Gasteiger partial charge in [-0.05, 0) is 19.8 Å². The number of methoxy groups -OCH3 is 1. The van der Waals surface area contributed by atoms with Gasteiger partial charge in [0.2, 0.25) is 0 Å². The van der Waals surface area contributed by atoms with E-state index < -0.39 is 5.97 Å². The minimum atomic E-state index is -0.499. The molecule has 0 aliphatic heterocycles. The first-order chi connectivity index (χ1) is 10.1. The molecule has 1 saturated carbocycles. The van der Waals surface area contributed by atoms with Gasteiger partial charge in [-0.2, -0.15) is 0 Å². The molecular formula is C14H20N2O4S. The summed E-state index contributed by atoms with van der Waals surface area (Å²) < 4.78 is 10.0. The Morgan fingerprint density at radius 1 is 1.43 bits per heavy atom. The van der Waals surface area contributed by atoms with E-state index >= 15 is 0 Å². The lowest BCUT2D eigenvalue weighted by Gasteiger charge is -2.07. The number of rotatable bonds is 8. The van der Waals surface area contributed by atoms with Gasteiger partial charge in [0.1, 0.15) is 10.6 Å². The van der Waals surface area contributed by atoms with Crippen molar-refractivity contribution in [2.45, 2.75) is 19.8 Å². The van der Waals surface area contributed by atoms with E-state index in [2.05, 4.69) is 5.32 Å². The number of carbonyl (C=O) groups excluding carboxylic acids is 2. The fourth-order valence-corrected chi connectivity index (χ4v) is 3.11. The second-order valence-electron chi connectivity index (χ2n) is 4.83. The highest BCUT2D eigenvalue weighted by Gasteiger charge is 2.35. The van der Waals surface area contributed by atoms with Gasteiger partial charge in [-0.1, -0.05) is 0 Å². The van der Waals surface area contributed by atoms with Crippen molar-refractivity contribution in [1.29, 1.82) is 0 Å². The van der Waals surface area contributed by atoms with E-state index in [1.165, 1.54) is 11.3 Å². The first kappa shape index (κ1) is 15.8. The van der Waals surface area contributed by atoms with E-state index in [0.717, 1.165) is 12.8 Å². The van der Waals surface area contributed by atoms with Crippen molar-refractivity contribution in [1.82, 2.24) is 0 Å². The van der Waals surface area contributed by atoms with Crippen LogP contribution in [0.1, 0.15) is 39.8 Å². The van der Waals surface area contributed by atoms with Crippen LogP contribution in [0.25, 0.3) is 0 Å². The summed E-state index contributed by atoms with van der Waals surface area (Å²) in [6, 6.07) is 0. The molecule has 0 amide bonds. The smallest absolute Gasteiger partial charge is 0.343 e. The maximum Gasteiger partial charge on any atom is 0.343 e. The van der Waals surface area contributed by atoms with E-state index in [1.807, 2.05) is 0 Å². The van der Waals surface area contributed by atoms with Crippen molar-refractivity contribution in [2.24, 2.45) is 5.92 Å². The number of carbonyl (C=O) groups is 2. The quantitative estimate of drug-likeness (QED) is 0.434. The van der Waals surface area contributed by atoms with Crippen LogP contribution in [0.4, 0.5) is 10.7 Å². The Morgan fingerprint density at radius 3 is 2.71 bits per heavy atom. The molecule has 0 aromatic carbocycles. The number of hydrogen-bond donors (Lipinski definition) is 2. The van der Waals surface area contributed by atoms with E-state index in [9.17, 15) is 9.59 Å². The molecule has 0 unspecified atom stereocenters. The van der Waals surface area contributed by atoms with Crippen molar-refractivity contribution in [3.8, 4) is 0 Å². The van der Waals surface area contributed by atoms with Crippen LogP contribution in [-0.4, -0.2) is 38.6 Å². The highest BCUT2D eigenvalue weighted by Crippen LogP contribution is 2.42. The number of anilines is 2. The normalized spacial score (nSPS) is 14.0. The lowest BCUT2D eigenvalue weighted by atomic mass is 10.1. The molecule has 6 nitrogen and oxygen atoms in total. The maximum atomic E-state index is 12.2. The monoisotopic (exact) mass is 312 g/mol. The van der Waals surface area contributed by atoms with Crippen molar-refractivity contribution >= 4 is 33.8 Å². The standard InChI is InChI=1S/C14H20N2O4S/c1-3-20-14(18)9-10(15)12(11(17)8-4-5-8)21-13(9)16-6-7-19-2/h8,16H,3-7,15H2,1-2H3. The summed E-state index contributed by atoms with van der Waals surface area (Å²) in [7, 11) is 1.60. The number of ketones is 1. The second-order valence-corrected chi connectivity index (χ2v) is 5.85. The lowest BCUT2D eigenvalue weighted by molar-refractivity contribution is 0.0529. The summed E-state index contributed by atoms with van der Waals surface area (Å²) in [6.45, 7) is 3.01. The van der Waals surface area contributed by atoms with Gasteiger partial charge in [-0.3, -0.25) is 4.79 Å². The number of hydrogen-bond acceptors (Lipinski definition) is 7. The number of nitrogen functional groups attached to an aromatic ring is 1. The summed E-state index contributed by atoms with van der Waals surface area (Å²) in [4.78, 5) is 24.8. The summed E-state index contributed by atoms with van der Waals surface area (Å²) >= 11 is 1.23. The molecule has 21 heavy (non-hydrogen) atoms. The predicted molar refractivity (Wildman–Crippen MR) is 82.1 cm³/mol. The molecule has 7 heteroatoms. The average molecular weight is 312 g/mol. The van der Waals surface area contributed by atoms with Gasteiger partial charge >= 0.3 is 5.97 Å². The highest BCUT2D eigenvalue weighted by molar-refractivity contribution is 7.19. The average Bonchev–Trinajstić information content (AvgIpc) is 3.24. The molecule has 3 N–H and O–H groups in total. The van der Waals surface area contributed by atoms with Gasteiger partial charge < -0.3 is 20.5 Å². The van der Waals surface area contributed by atoms with E-state index in [0.29, 0.717) is 23.0 Å². The Kier molecular flexibility index (Phi) is 5.19. The lowest BCUT2D eigenvalue weighted by Crippen LogP contribution is -2.13. The highest BCUT2D eigenvalue weighted by atomic mass is 32.1. The van der Waals surface area contributed by atoms with E-state index in [4.69, 9.17) is 15.2 Å². The Bertz CT molecular complexity index is 537. The predicted octanol–water partition coefficient (Wildman–Crippen LogP) is 2.16. The molecule has 0 atom stereocenters. The van der Waals surface area contributed by atoms with Crippen LogP contribution in [-0.2, 0) is 9.47 Å². The molecular weight excluding hydrogens is 292 g/mol. The first-order valence-electron chi connectivity index (χ1n) is 6.96. The van der Waals surface area contributed by atoms with Gasteiger partial charge in [0, 0.05) is 19.6 Å². The topological polar surface area (TPSA) is 90.6 Å². The third-order valence-electron chi connectivity index (χ3n) is 3.19. The van der Waals surface area contributed by atoms with Crippen molar-refractivity contribution in [2.75, 3.05) is 37.9 Å². The number of Topliss-reactive ketones (excluding diaryl/α,β-unsaturated/α-hetero) is 1. The summed E-state index contributed by atoms with van der Waals surface area (Å²) in [5.41, 5.74) is 6.52. The third kappa shape index (κ3) is 3.54. The van der Waals surface area contributed by atoms with Crippen LogP contribution in [0, 0.1) is 5.92 Å². The van der Waals surface area contributed by atoms with Gasteiger partial charge in [-0.15, -0.1) is 11.3 Å². The Hall–Kier alpha value is -1.60. The molecule has 0 radical (unpaired) electrons. The van der Waals surface area contributed by atoms with Crippen LogP contribution in [0.2, 0.25) is 0 Å². The molecule has 1 aliphatic carbocycles. The Morgan fingerprint density at radius 2 is 2.14 bits per heavy atom. The Balaban J connectivity index is 2.28. The molecule has 1 aliphatic rings. The van der Waals surface area contributed by atoms with Crippen LogP contribution < -0.4 is 11.1 Å². The summed E-state index contributed by atoms with van der Waals surface area (Å²) in [6.07, 6.45) is 1.80. The van der Waals surface area contributed by atoms with Crippen LogP contribution in [0.15, 0.2) is 0 Å². The minimum absolute atomic E-state index is 0.0304. The zero-order valence-electron chi connectivity index (χ0n) is 12.2. The van der Waals surface area contributed by atoms with Gasteiger partial charge in [-0.25, -0.2) is 4.79 Å². The van der Waals surface area contributed by atoms with Gasteiger partial charge in [0.15, 0.2) is 5.78 Å². The molecule has 1 aromatic rings. The second kappa shape index (κ2) is 6.91. The molecule has 1 aromatic heterocycles. The minimum Gasteiger partial charge on any atom is -0.462 e.